The zero-order valence-electron chi connectivity index (χ0n) is 13.5. The van der Waals surface area contributed by atoms with Gasteiger partial charge in [-0.3, -0.25) is 4.79 Å². The predicted molar refractivity (Wildman–Crippen MR) is 78.4 cm³/mol. The van der Waals surface area contributed by atoms with Gasteiger partial charge in [0.25, 0.3) is 0 Å². The average Bonchev–Trinajstić information content (AvgIpc) is 2.48. The van der Waals surface area contributed by atoms with Gasteiger partial charge in [-0.2, -0.15) is 0 Å². The molecular formula is C15H27N3O2. The molecule has 2 aliphatic rings. The summed E-state index contributed by atoms with van der Waals surface area (Å²) in [5.41, 5.74) is -0.735. The van der Waals surface area contributed by atoms with E-state index >= 15 is 0 Å². The first-order valence-electron chi connectivity index (χ1n) is 7.41. The van der Waals surface area contributed by atoms with E-state index in [1.165, 1.54) is 0 Å². The van der Waals surface area contributed by atoms with Gasteiger partial charge in [0.1, 0.15) is 0 Å². The Hall–Kier alpha value is -1.26. The molecule has 0 aromatic heterocycles. The number of amides is 3. The quantitative estimate of drug-likeness (QED) is 0.799. The van der Waals surface area contributed by atoms with Gasteiger partial charge in [0.2, 0.25) is 5.91 Å². The van der Waals surface area contributed by atoms with Crippen molar-refractivity contribution in [3.05, 3.63) is 0 Å². The van der Waals surface area contributed by atoms with Crippen molar-refractivity contribution in [1.82, 2.24) is 15.1 Å². The average molecular weight is 281 g/mol. The highest BCUT2D eigenvalue weighted by Gasteiger charge is 2.56. The zero-order valence-corrected chi connectivity index (χ0v) is 13.5. The van der Waals surface area contributed by atoms with E-state index in [1.54, 1.807) is 6.92 Å². The van der Waals surface area contributed by atoms with Crippen LogP contribution in [0.1, 0.15) is 54.4 Å². The Balaban J connectivity index is 2.35. The number of urea groups is 1. The first-order chi connectivity index (χ1) is 9.03. The number of carbonyl (C=O) groups is 2. The molecule has 2 saturated heterocycles. The van der Waals surface area contributed by atoms with Crippen LogP contribution in [-0.4, -0.2) is 51.4 Å². The largest absolute Gasteiger partial charge is 0.333 e. The van der Waals surface area contributed by atoms with Gasteiger partial charge >= 0.3 is 6.03 Å². The maximum Gasteiger partial charge on any atom is 0.317 e. The third-order valence-electron chi connectivity index (χ3n) is 4.60. The number of piperidine rings is 1. The van der Waals surface area contributed by atoms with E-state index in [1.807, 2.05) is 16.7 Å². The molecule has 2 rings (SSSR count). The van der Waals surface area contributed by atoms with Crippen molar-refractivity contribution in [2.75, 3.05) is 13.1 Å². The minimum Gasteiger partial charge on any atom is -0.333 e. The molecule has 1 spiro atoms. The van der Waals surface area contributed by atoms with Crippen LogP contribution in [0.25, 0.3) is 0 Å². The topological polar surface area (TPSA) is 52.6 Å². The summed E-state index contributed by atoms with van der Waals surface area (Å²) in [5.74, 6) is 0.103. The number of hydrogen-bond donors (Lipinski definition) is 1. The summed E-state index contributed by atoms with van der Waals surface area (Å²) >= 11 is 0. The Kier molecular flexibility index (Phi) is 3.30. The van der Waals surface area contributed by atoms with E-state index in [0.29, 0.717) is 0 Å². The van der Waals surface area contributed by atoms with Crippen molar-refractivity contribution in [2.24, 2.45) is 0 Å². The maximum absolute atomic E-state index is 12.1. The van der Waals surface area contributed by atoms with Gasteiger partial charge in [-0.05, 0) is 47.5 Å². The fourth-order valence-electron chi connectivity index (χ4n) is 4.79. The molecule has 20 heavy (non-hydrogen) atoms. The second-order valence-corrected chi connectivity index (χ2v) is 7.56. The van der Waals surface area contributed by atoms with Crippen LogP contribution in [0.3, 0.4) is 0 Å². The summed E-state index contributed by atoms with van der Waals surface area (Å²) in [7, 11) is 0. The van der Waals surface area contributed by atoms with Crippen molar-refractivity contribution in [1.29, 1.82) is 0 Å². The van der Waals surface area contributed by atoms with Gasteiger partial charge in [0, 0.05) is 31.1 Å². The van der Waals surface area contributed by atoms with E-state index < -0.39 is 0 Å². The molecule has 0 radical (unpaired) electrons. The highest BCUT2D eigenvalue weighted by Crippen LogP contribution is 2.45. The summed E-state index contributed by atoms with van der Waals surface area (Å²) in [6, 6.07) is 0.0235. The molecule has 3 amide bonds. The third kappa shape index (κ3) is 2.27. The molecule has 0 unspecified atom stereocenters. The minimum atomic E-state index is -0.259. The van der Waals surface area contributed by atoms with Crippen LogP contribution >= 0.6 is 0 Å². The van der Waals surface area contributed by atoms with Gasteiger partial charge < -0.3 is 15.1 Å². The summed E-state index contributed by atoms with van der Waals surface area (Å²) in [5, 5.41) is 3.19. The standard InChI is InChI=1S/C15H27N3O2/c1-7-17-10-15(16-12(17)20)8-13(3,4)18(11(2)19)14(5,6)9-15/h7-10H2,1-6H3,(H,16,20). The molecular weight excluding hydrogens is 254 g/mol. The van der Waals surface area contributed by atoms with Crippen molar-refractivity contribution in [3.8, 4) is 0 Å². The van der Waals surface area contributed by atoms with Crippen molar-refractivity contribution < 1.29 is 9.59 Å². The smallest absolute Gasteiger partial charge is 0.317 e. The molecule has 0 atom stereocenters. The van der Waals surface area contributed by atoms with Crippen molar-refractivity contribution in [2.45, 2.75) is 71.0 Å². The van der Waals surface area contributed by atoms with E-state index in [-0.39, 0.29) is 28.6 Å². The Morgan fingerprint density at radius 3 is 2.05 bits per heavy atom. The Bertz CT molecular complexity index is 424. The molecule has 2 fully saturated rings. The number of carbonyl (C=O) groups excluding carboxylic acids is 2. The first kappa shape index (κ1) is 15.1. The summed E-state index contributed by atoms with van der Waals surface area (Å²) in [6.07, 6.45) is 1.59. The lowest BCUT2D eigenvalue weighted by Crippen LogP contribution is -2.69. The maximum atomic E-state index is 12.1. The Labute approximate surface area is 121 Å². The van der Waals surface area contributed by atoms with Gasteiger partial charge in [0.05, 0.1) is 5.54 Å². The predicted octanol–water partition coefficient (Wildman–Crippen LogP) is 1.97. The summed E-state index contributed by atoms with van der Waals surface area (Å²) in [4.78, 5) is 27.9. The van der Waals surface area contributed by atoms with Gasteiger partial charge in [-0.25, -0.2) is 4.79 Å². The highest BCUT2D eigenvalue weighted by atomic mass is 16.2. The second kappa shape index (κ2) is 4.37. The first-order valence-corrected chi connectivity index (χ1v) is 7.41. The molecule has 114 valence electrons. The van der Waals surface area contributed by atoms with Gasteiger partial charge in [0.15, 0.2) is 0 Å². The van der Waals surface area contributed by atoms with E-state index in [2.05, 4.69) is 33.0 Å². The van der Waals surface area contributed by atoms with Crippen LogP contribution in [0.2, 0.25) is 0 Å². The van der Waals surface area contributed by atoms with E-state index in [4.69, 9.17) is 0 Å². The molecule has 0 bridgehead atoms. The molecule has 0 saturated carbocycles. The van der Waals surface area contributed by atoms with Crippen molar-refractivity contribution >= 4 is 11.9 Å². The molecule has 0 aliphatic carbocycles. The molecule has 1 N–H and O–H groups in total. The van der Waals surface area contributed by atoms with Crippen LogP contribution in [0, 0.1) is 0 Å². The SMILES string of the molecule is CCN1CC2(CC(C)(C)N(C(C)=O)C(C)(C)C2)NC1=O. The number of likely N-dealkylation sites (N-methyl/N-ethyl adjacent to an activating group) is 1. The van der Waals surface area contributed by atoms with Crippen LogP contribution in [0.15, 0.2) is 0 Å². The van der Waals surface area contributed by atoms with Crippen LogP contribution in [-0.2, 0) is 4.79 Å². The number of nitrogens with zero attached hydrogens (tertiary/aromatic N) is 2. The number of rotatable bonds is 1. The minimum absolute atomic E-state index is 0.0235. The zero-order chi connectivity index (χ0) is 15.3. The lowest BCUT2D eigenvalue weighted by molar-refractivity contribution is -0.150. The number of nitrogens with one attached hydrogen (secondary N) is 1. The molecule has 5 nitrogen and oxygen atoms in total. The highest BCUT2D eigenvalue weighted by molar-refractivity contribution is 5.79. The fourth-order valence-corrected chi connectivity index (χ4v) is 4.79. The van der Waals surface area contributed by atoms with E-state index in [9.17, 15) is 9.59 Å². The van der Waals surface area contributed by atoms with E-state index in [0.717, 1.165) is 25.9 Å². The summed E-state index contributed by atoms with van der Waals surface area (Å²) in [6.45, 7) is 13.5. The molecule has 5 heteroatoms. The number of hydrogen-bond acceptors (Lipinski definition) is 2. The number of likely N-dealkylation sites (tertiary alicyclic amines) is 1. The normalized spacial score (nSPS) is 26.8. The molecule has 2 aliphatic heterocycles. The third-order valence-corrected chi connectivity index (χ3v) is 4.60. The molecule has 0 aromatic carbocycles. The van der Waals surface area contributed by atoms with Crippen LogP contribution in [0.5, 0.6) is 0 Å². The van der Waals surface area contributed by atoms with Gasteiger partial charge in [-0.1, -0.05) is 0 Å². The van der Waals surface area contributed by atoms with Crippen LogP contribution in [0.4, 0.5) is 4.79 Å². The molecule has 0 aromatic rings. The second-order valence-electron chi connectivity index (χ2n) is 7.56. The molecule has 2 heterocycles. The Morgan fingerprint density at radius 2 is 1.70 bits per heavy atom. The lowest BCUT2D eigenvalue weighted by Gasteiger charge is -2.58. The fraction of sp³-hybridized carbons (Fsp3) is 0.867. The monoisotopic (exact) mass is 281 g/mol. The Morgan fingerprint density at radius 1 is 1.20 bits per heavy atom. The van der Waals surface area contributed by atoms with Crippen LogP contribution < -0.4 is 5.32 Å². The van der Waals surface area contributed by atoms with Gasteiger partial charge in [-0.15, -0.1) is 0 Å². The lowest BCUT2D eigenvalue weighted by atomic mass is 9.69. The summed E-state index contributed by atoms with van der Waals surface area (Å²) < 4.78 is 0. The van der Waals surface area contributed by atoms with Crippen molar-refractivity contribution in [3.63, 3.8) is 0 Å².